The number of nitrogens with zero attached hydrogens (tertiary/aromatic N) is 2. The zero-order valence-electron chi connectivity index (χ0n) is 14.1. The average Bonchev–Trinajstić information content (AvgIpc) is 2.69. The van der Waals surface area contributed by atoms with E-state index in [1.54, 1.807) is 30.3 Å². The number of morpholine rings is 1. The third-order valence-electron chi connectivity index (χ3n) is 3.96. The lowest BCUT2D eigenvalue weighted by Crippen LogP contribution is -2.37. The molecule has 2 N–H and O–H groups in total. The Kier molecular flexibility index (Phi) is 5.46. The van der Waals surface area contributed by atoms with E-state index in [-0.39, 0.29) is 0 Å². The number of carbonyl (C=O) groups is 2. The first-order chi connectivity index (χ1) is 12.7. The van der Waals surface area contributed by atoms with Crippen LogP contribution in [-0.4, -0.2) is 38.1 Å². The van der Waals surface area contributed by atoms with E-state index in [2.05, 4.69) is 15.5 Å². The van der Waals surface area contributed by atoms with Crippen LogP contribution in [0, 0.1) is 11.3 Å². The highest BCUT2D eigenvalue weighted by atomic mass is 16.5. The first-order valence-electron chi connectivity index (χ1n) is 8.21. The van der Waals surface area contributed by atoms with E-state index in [1.165, 1.54) is 6.07 Å². The molecule has 0 spiro atoms. The Balaban J connectivity index is 1.69. The number of carbonyl (C=O) groups excluding carboxylic acids is 2. The van der Waals surface area contributed by atoms with Crippen molar-refractivity contribution in [3.05, 3.63) is 54.1 Å². The Bertz CT molecular complexity index is 854. The van der Waals surface area contributed by atoms with Gasteiger partial charge >= 0.3 is 11.8 Å². The smallest absolute Gasteiger partial charge is 0.314 e. The van der Waals surface area contributed by atoms with Gasteiger partial charge in [-0.05, 0) is 30.3 Å². The highest BCUT2D eigenvalue weighted by molar-refractivity contribution is 6.43. The Morgan fingerprint density at radius 2 is 1.73 bits per heavy atom. The highest BCUT2D eigenvalue weighted by Gasteiger charge is 2.19. The van der Waals surface area contributed by atoms with Crippen LogP contribution in [0.3, 0.4) is 0 Å². The van der Waals surface area contributed by atoms with Crippen LogP contribution in [0.1, 0.15) is 5.56 Å². The summed E-state index contributed by atoms with van der Waals surface area (Å²) < 4.78 is 5.35. The molecule has 7 heteroatoms. The first kappa shape index (κ1) is 17.5. The van der Waals surface area contributed by atoms with Gasteiger partial charge in [0, 0.05) is 18.8 Å². The standard InChI is InChI=1S/C19H18N4O3/c20-13-14-4-3-5-15(12-14)21-18(24)19(25)22-16-6-1-2-7-17(16)23-8-10-26-11-9-23/h1-7,12H,8-11H2,(H,21,24)(H,22,25). The number of nitrogens with one attached hydrogen (secondary N) is 2. The monoisotopic (exact) mass is 350 g/mol. The van der Waals surface area contributed by atoms with Gasteiger partial charge in [0.15, 0.2) is 0 Å². The molecule has 1 fully saturated rings. The molecule has 3 rings (SSSR count). The van der Waals surface area contributed by atoms with Gasteiger partial charge in [0.2, 0.25) is 0 Å². The maximum absolute atomic E-state index is 12.3. The van der Waals surface area contributed by atoms with Gasteiger partial charge in [-0.15, -0.1) is 0 Å². The van der Waals surface area contributed by atoms with Crippen LogP contribution in [0.5, 0.6) is 0 Å². The number of rotatable bonds is 3. The molecule has 132 valence electrons. The predicted octanol–water partition coefficient (Wildman–Crippen LogP) is 1.97. The van der Waals surface area contributed by atoms with E-state index in [4.69, 9.17) is 10.00 Å². The van der Waals surface area contributed by atoms with E-state index >= 15 is 0 Å². The number of para-hydroxylation sites is 2. The van der Waals surface area contributed by atoms with Crippen molar-refractivity contribution in [1.82, 2.24) is 0 Å². The van der Waals surface area contributed by atoms with E-state index in [0.29, 0.717) is 30.2 Å². The lowest BCUT2D eigenvalue weighted by Gasteiger charge is -2.30. The SMILES string of the molecule is N#Cc1cccc(NC(=O)C(=O)Nc2ccccc2N2CCOCC2)c1. The minimum absolute atomic E-state index is 0.394. The van der Waals surface area contributed by atoms with Crippen LogP contribution in [0.25, 0.3) is 0 Å². The minimum atomic E-state index is -0.795. The topological polar surface area (TPSA) is 94.5 Å². The third kappa shape index (κ3) is 4.18. The summed E-state index contributed by atoms with van der Waals surface area (Å²) in [5.74, 6) is -1.56. The molecule has 0 aromatic heterocycles. The summed E-state index contributed by atoms with van der Waals surface area (Å²) in [7, 11) is 0. The summed E-state index contributed by atoms with van der Waals surface area (Å²) in [6.07, 6.45) is 0. The normalized spacial score (nSPS) is 13.6. The molecular weight excluding hydrogens is 332 g/mol. The molecule has 0 radical (unpaired) electrons. The van der Waals surface area contributed by atoms with Gasteiger partial charge in [0.05, 0.1) is 36.2 Å². The maximum atomic E-state index is 12.3. The molecule has 2 aromatic rings. The zero-order chi connectivity index (χ0) is 18.4. The summed E-state index contributed by atoms with van der Waals surface area (Å²) in [6.45, 7) is 2.69. The number of hydrogen-bond donors (Lipinski definition) is 2. The minimum Gasteiger partial charge on any atom is -0.378 e. The Morgan fingerprint density at radius 3 is 2.50 bits per heavy atom. The fraction of sp³-hybridized carbons (Fsp3) is 0.211. The van der Waals surface area contributed by atoms with Gasteiger partial charge in [0.1, 0.15) is 0 Å². The molecule has 26 heavy (non-hydrogen) atoms. The van der Waals surface area contributed by atoms with Crippen LogP contribution >= 0.6 is 0 Å². The molecular formula is C19H18N4O3. The summed E-state index contributed by atoms with van der Waals surface area (Å²) in [6, 6.07) is 15.7. The van der Waals surface area contributed by atoms with Gasteiger partial charge in [-0.25, -0.2) is 0 Å². The van der Waals surface area contributed by atoms with Crippen molar-refractivity contribution in [3.8, 4) is 6.07 Å². The number of amides is 2. The van der Waals surface area contributed by atoms with Crippen molar-refractivity contribution < 1.29 is 14.3 Å². The van der Waals surface area contributed by atoms with Crippen LogP contribution < -0.4 is 15.5 Å². The molecule has 0 unspecified atom stereocenters. The first-order valence-corrected chi connectivity index (χ1v) is 8.21. The second kappa shape index (κ2) is 8.14. The molecule has 0 aliphatic carbocycles. The summed E-state index contributed by atoms with van der Waals surface area (Å²) >= 11 is 0. The second-order valence-electron chi connectivity index (χ2n) is 5.72. The molecule has 1 aliphatic heterocycles. The summed E-state index contributed by atoms with van der Waals surface area (Å²) in [4.78, 5) is 26.5. The lowest BCUT2D eigenvalue weighted by atomic mass is 10.2. The molecule has 0 saturated carbocycles. The number of nitriles is 1. The van der Waals surface area contributed by atoms with Gasteiger partial charge in [-0.1, -0.05) is 18.2 Å². The number of hydrogen-bond acceptors (Lipinski definition) is 5. The van der Waals surface area contributed by atoms with Crippen molar-refractivity contribution in [2.45, 2.75) is 0 Å². The number of benzene rings is 2. The fourth-order valence-electron chi connectivity index (χ4n) is 2.69. The number of anilines is 3. The molecule has 1 aliphatic rings. The van der Waals surface area contributed by atoms with Crippen molar-refractivity contribution in [2.75, 3.05) is 41.8 Å². The Hall–Kier alpha value is -3.37. The lowest BCUT2D eigenvalue weighted by molar-refractivity contribution is -0.132. The van der Waals surface area contributed by atoms with E-state index in [1.807, 2.05) is 18.2 Å². The van der Waals surface area contributed by atoms with Gasteiger partial charge in [0.25, 0.3) is 0 Å². The summed E-state index contributed by atoms with van der Waals surface area (Å²) in [5, 5.41) is 14.1. The molecule has 2 amide bonds. The summed E-state index contributed by atoms with van der Waals surface area (Å²) in [5.41, 5.74) is 2.22. The quantitative estimate of drug-likeness (QED) is 0.826. The Labute approximate surface area is 151 Å². The van der Waals surface area contributed by atoms with Crippen molar-refractivity contribution in [1.29, 1.82) is 5.26 Å². The van der Waals surface area contributed by atoms with E-state index in [9.17, 15) is 9.59 Å². The molecule has 1 saturated heterocycles. The largest absolute Gasteiger partial charge is 0.378 e. The Morgan fingerprint density at radius 1 is 1.00 bits per heavy atom. The molecule has 0 bridgehead atoms. The van der Waals surface area contributed by atoms with Crippen molar-refractivity contribution in [3.63, 3.8) is 0 Å². The van der Waals surface area contributed by atoms with Crippen LogP contribution in [-0.2, 0) is 14.3 Å². The highest BCUT2D eigenvalue weighted by Crippen LogP contribution is 2.26. The van der Waals surface area contributed by atoms with Crippen molar-refractivity contribution >= 4 is 28.9 Å². The number of ether oxygens (including phenoxy) is 1. The van der Waals surface area contributed by atoms with E-state index in [0.717, 1.165) is 18.8 Å². The maximum Gasteiger partial charge on any atom is 0.314 e. The van der Waals surface area contributed by atoms with E-state index < -0.39 is 11.8 Å². The predicted molar refractivity (Wildman–Crippen MR) is 97.9 cm³/mol. The third-order valence-corrected chi connectivity index (χ3v) is 3.96. The zero-order valence-corrected chi connectivity index (χ0v) is 14.1. The van der Waals surface area contributed by atoms with Crippen LogP contribution in [0.4, 0.5) is 17.1 Å². The van der Waals surface area contributed by atoms with Crippen LogP contribution in [0.2, 0.25) is 0 Å². The average molecular weight is 350 g/mol. The van der Waals surface area contributed by atoms with Gasteiger partial charge in [-0.3, -0.25) is 9.59 Å². The van der Waals surface area contributed by atoms with Gasteiger partial charge in [-0.2, -0.15) is 5.26 Å². The fourth-order valence-corrected chi connectivity index (χ4v) is 2.69. The molecule has 0 atom stereocenters. The van der Waals surface area contributed by atoms with Crippen molar-refractivity contribution in [2.24, 2.45) is 0 Å². The molecule has 2 aromatic carbocycles. The van der Waals surface area contributed by atoms with Crippen LogP contribution in [0.15, 0.2) is 48.5 Å². The second-order valence-corrected chi connectivity index (χ2v) is 5.72. The molecule has 7 nitrogen and oxygen atoms in total. The van der Waals surface area contributed by atoms with Gasteiger partial charge < -0.3 is 20.3 Å². The molecule has 1 heterocycles.